The molecule has 0 aliphatic carbocycles. The number of carbonyl (C=O) groups is 2. The highest BCUT2D eigenvalue weighted by atomic mass is 35.5. The van der Waals surface area contributed by atoms with E-state index in [4.69, 9.17) is 21.1 Å². The van der Waals surface area contributed by atoms with Gasteiger partial charge >= 0.3 is 12.1 Å². The normalized spacial score (nSPS) is 11.6. The molecule has 0 aliphatic rings. The molecule has 2 rings (SSSR count). The number of rotatable bonds is 5. The van der Waals surface area contributed by atoms with E-state index in [1.165, 1.54) is 6.08 Å². The molecule has 5 nitrogen and oxygen atoms in total. The highest BCUT2D eigenvalue weighted by molar-refractivity contribution is 6.32. The monoisotopic (exact) mass is 387 g/mol. The largest absolute Gasteiger partial charge is 0.456 e. The summed E-state index contributed by atoms with van der Waals surface area (Å²) in [7, 11) is 0. The Morgan fingerprint density at radius 3 is 2.30 bits per heavy atom. The number of alkyl carbamates (subject to hydrolysis) is 1. The molecule has 142 valence electrons. The van der Waals surface area contributed by atoms with Crippen LogP contribution in [-0.2, 0) is 20.9 Å². The third kappa shape index (κ3) is 7.15. The van der Waals surface area contributed by atoms with Crippen LogP contribution in [0.25, 0.3) is 6.08 Å². The first-order valence-corrected chi connectivity index (χ1v) is 8.80. The van der Waals surface area contributed by atoms with Crippen LogP contribution < -0.4 is 5.32 Å². The van der Waals surface area contributed by atoms with Crippen molar-refractivity contribution in [3.8, 4) is 0 Å². The molecule has 6 heteroatoms. The molecule has 2 aromatic carbocycles. The molecule has 0 saturated carbocycles. The molecule has 1 amide bonds. The van der Waals surface area contributed by atoms with E-state index in [2.05, 4.69) is 5.32 Å². The quantitative estimate of drug-likeness (QED) is 0.582. The van der Waals surface area contributed by atoms with Gasteiger partial charge in [-0.05, 0) is 44.0 Å². The number of hydrogen-bond donors (Lipinski definition) is 1. The second kappa shape index (κ2) is 9.24. The summed E-state index contributed by atoms with van der Waals surface area (Å²) in [6.07, 6.45) is 0.706. The number of benzene rings is 2. The van der Waals surface area contributed by atoms with Crippen molar-refractivity contribution in [2.75, 3.05) is 0 Å². The van der Waals surface area contributed by atoms with Crippen LogP contribution in [0.15, 0.2) is 60.3 Å². The van der Waals surface area contributed by atoms with Crippen LogP contribution in [0.2, 0.25) is 5.02 Å². The van der Waals surface area contributed by atoms with Gasteiger partial charge in [0.15, 0.2) is 0 Å². The minimum atomic E-state index is -0.752. The SMILES string of the molecule is CC(C)(C)OC(=O)N/C(=C\c1ccccc1Cl)C(=O)OCc1ccccc1. The lowest BCUT2D eigenvalue weighted by atomic mass is 10.2. The first-order chi connectivity index (χ1) is 12.7. The minimum Gasteiger partial charge on any atom is -0.456 e. The maximum atomic E-state index is 12.5. The maximum absolute atomic E-state index is 12.5. The zero-order valence-electron chi connectivity index (χ0n) is 15.5. The standard InChI is InChI=1S/C21H22ClNO4/c1-21(2,3)27-20(25)23-18(13-16-11-7-8-12-17(16)22)19(24)26-14-15-9-5-4-6-10-15/h4-13H,14H2,1-3H3,(H,23,25)/b18-13-. The van der Waals surface area contributed by atoms with Crippen molar-refractivity contribution >= 4 is 29.7 Å². The lowest BCUT2D eigenvalue weighted by Gasteiger charge is -2.20. The molecule has 0 spiro atoms. The van der Waals surface area contributed by atoms with Gasteiger partial charge in [0, 0.05) is 5.02 Å². The zero-order valence-corrected chi connectivity index (χ0v) is 16.2. The number of esters is 1. The fourth-order valence-corrected chi connectivity index (χ4v) is 2.30. The molecule has 2 aromatic rings. The average Bonchev–Trinajstić information content (AvgIpc) is 2.60. The Labute approximate surface area is 163 Å². The van der Waals surface area contributed by atoms with Gasteiger partial charge in [-0.3, -0.25) is 5.32 Å². The summed E-state index contributed by atoms with van der Waals surface area (Å²) >= 11 is 6.15. The highest BCUT2D eigenvalue weighted by Crippen LogP contribution is 2.18. The Morgan fingerprint density at radius 2 is 1.67 bits per heavy atom. The first kappa shape index (κ1) is 20.5. The van der Waals surface area contributed by atoms with E-state index in [1.54, 1.807) is 45.0 Å². The molecule has 0 unspecified atom stereocenters. The van der Waals surface area contributed by atoms with E-state index in [0.29, 0.717) is 10.6 Å². The van der Waals surface area contributed by atoms with Crippen molar-refractivity contribution in [3.63, 3.8) is 0 Å². The lowest BCUT2D eigenvalue weighted by Crippen LogP contribution is -2.34. The van der Waals surface area contributed by atoms with Gasteiger partial charge in [-0.2, -0.15) is 0 Å². The minimum absolute atomic E-state index is 0.0618. The molecule has 0 aliphatic heterocycles. The van der Waals surface area contributed by atoms with Crippen molar-refractivity contribution in [2.24, 2.45) is 0 Å². The van der Waals surface area contributed by atoms with Crippen LogP contribution in [0.4, 0.5) is 4.79 Å². The van der Waals surface area contributed by atoms with E-state index in [0.717, 1.165) is 5.56 Å². The van der Waals surface area contributed by atoms with Crippen LogP contribution in [-0.4, -0.2) is 17.7 Å². The second-order valence-electron chi connectivity index (χ2n) is 6.77. The summed E-state index contributed by atoms with van der Waals surface area (Å²) in [6, 6.07) is 16.2. The average molecular weight is 388 g/mol. The highest BCUT2D eigenvalue weighted by Gasteiger charge is 2.21. The summed E-state index contributed by atoms with van der Waals surface area (Å²) in [5, 5.41) is 2.89. The molecule has 0 bridgehead atoms. The Kier molecular flexibility index (Phi) is 7.02. The van der Waals surface area contributed by atoms with Gasteiger partial charge in [0.1, 0.15) is 17.9 Å². The van der Waals surface area contributed by atoms with Gasteiger partial charge in [0.25, 0.3) is 0 Å². The number of nitrogens with one attached hydrogen (secondary N) is 1. The number of amides is 1. The molecular formula is C21H22ClNO4. The maximum Gasteiger partial charge on any atom is 0.412 e. The predicted octanol–water partition coefficient (Wildman–Crippen LogP) is 4.95. The molecule has 1 N–H and O–H groups in total. The number of carbonyl (C=O) groups excluding carboxylic acids is 2. The molecule has 27 heavy (non-hydrogen) atoms. The molecule has 0 aromatic heterocycles. The smallest absolute Gasteiger partial charge is 0.412 e. The molecule has 0 heterocycles. The molecule has 0 atom stereocenters. The van der Waals surface area contributed by atoms with Gasteiger partial charge in [-0.1, -0.05) is 60.1 Å². The molecule has 0 fully saturated rings. The van der Waals surface area contributed by atoms with Crippen LogP contribution in [0.5, 0.6) is 0 Å². The van der Waals surface area contributed by atoms with Gasteiger partial charge < -0.3 is 9.47 Å². The molecular weight excluding hydrogens is 366 g/mol. The Morgan fingerprint density at radius 1 is 1.04 bits per heavy atom. The lowest BCUT2D eigenvalue weighted by molar-refractivity contribution is -0.140. The number of hydrogen-bond acceptors (Lipinski definition) is 4. The van der Waals surface area contributed by atoms with Gasteiger partial charge in [-0.25, -0.2) is 9.59 Å². The molecule has 0 saturated heterocycles. The number of ether oxygens (including phenoxy) is 2. The van der Waals surface area contributed by atoms with Crippen LogP contribution in [0.3, 0.4) is 0 Å². The first-order valence-electron chi connectivity index (χ1n) is 8.42. The topological polar surface area (TPSA) is 64.6 Å². The Hall–Kier alpha value is -2.79. The van der Waals surface area contributed by atoms with Gasteiger partial charge in [0.05, 0.1) is 0 Å². The van der Waals surface area contributed by atoms with E-state index >= 15 is 0 Å². The zero-order chi connectivity index (χ0) is 19.9. The Bertz CT molecular complexity index is 826. The van der Waals surface area contributed by atoms with Crippen molar-refractivity contribution in [1.29, 1.82) is 0 Å². The fourth-order valence-electron chi connectivity index (χ4n) is 2.11. The van der Waals surface area contributed by atoms with Gasteiger partial charge in [-0.15, -0.1) is 0 Å². The summed E-state index contributed by atoms with van der Waals surface area (Å²) in [4.78, 5) is 24.6. The summed E-state index contributed by atoms with van der Waals surface area (Å²) in [5.41, 5.74) is 0.642. The van der Waals surface area contributed by atoms with E-state index in [-0.39, 0.29) is 12.3 Å². The van der Waals surface area contributed by atoms with E-state index in [1.807, 2.05) is 30.3 Å². The van der Waals surface area contributed by atoms with Crippen LogP contribution in [0.1, 0.15) is 31.9 Å². The van der Waals surface area contributed by atoms with Crippen LogP contribution >= 0.6 is 11.6 Å². The van der Waals surface area contributed by atoms with Crippen molar-refractivity contribution in [1.82, 2.24) is 5.32 Å². The third-order valence-electron chi connectivity index (χ3n) is 3.27. The second-order valence-corrected chi connectivity index (χ2v) is 7.18. The van der Waals surface area contributed by atoms with Crippen molar-refractivity contribution in [2.45, 2.75) is 33.0 Å². The van der Waals surface area contributed by atoms with Crippen LogP contribution in [0, 0.1) is 0 Å². The summed E-state index contributed by atoms with van der Waals surface area (Å²) in [5.74, 6) is -0.690. The summed E-state index contributed by atoms with van der Waals surface area (Å²) in [6.45, 7) is 5.28. The van der Waals surface area contributed by atoms with Crippen molar-refractivity contribution < 1.29 is 19.1 Å². The molecule has 0 radical (unpaired) electrons. The van der Waals surface area contributed by atoms with Crippen molar-refractivity contribution in [3.05, 3.63) is 76.4 Å². The third-order valence-corrected chi connectivity index (χ3v) is 3.62. The predicted molar refractivity (Wildman–Crippen MR) is 105 cm³/mol. The number of halogens is 1. The van der Waals surface area contributed by atoms with Gasteiger partial charge in [0.2, 0.25) is 0 Å². The Balaban J connectivity index is 2.19. The fraction of sp³-hybridized carbons (Fsp3) is 0.238. The summed E-state index contributed by atoms with van der Waals surface area (Å²) < 4.78 is 10.5. The van der Waals surface area contributed by atoms with E-state index < -0.39 is 17.7 Å². The van der Waals surface area contributed by atoms with E-state index in [9.17, 15) is 9.59 Å².